The predicted octanol–water partition coefficient (Wildman–Crippen LogP) is 3.63. The molecule has 2 aromatic carbocycles. The lowest BCUT2D eigenvalue weighted by Gasteiger charge is -2.30. The van der Waals surface area contributed by atoms with E-state index in [1.165, 1.54) is 5.56 Å². The Morgan fingerprint density at radius 3 is 2.81 bits per heavy atom. The summed E-state index contributed by atoms with van der Waals surface area (Å²) >= 11 is 0. The molecule has 2 bridgehead atoms. The number of carbonyl (C=O) groups excluding carboxylic acids is 1. The molecule has 5 heteroatoms. The first-order valence-corrected chi connectivity index (χ1v) is 8.95. The van der Waals surface area contributed by atoms with Crippen LogP contribution in [0.3, 0.4) is 0 Å². The number of hydrogen-bond donors (Lipinski definition) is 1. The van der Waals surface area contributed by atoms with Crippen molar-refractivity contribution in [3.63, 3.8) is 0 Å². The van der Waals surface area contributed by atoms with E-state index in [9.17, 15) is 4.79 Å². The summed E-state index contributed by atoms with van der Waals surface area (Å²) in [5.41, 5.74) is 3.27. The summed E-state index contributed by atoms with van der Waals surface area (Å²) in [6.45, 7) is 1.80. The largest absolute Gasteiger partial charge is 0.497 e. The number of fused-ring (bicyclic) bond motifs is 6. The number of nitrogens with one attached hydrogen (secondary N) is 1. The molecule has 1 N–H and O–H groups in total. The number of carbonyl (C=O) groups is 1. The number of benzene rings is 2. The molecule has 26 heavy (non-hydrogen) atoms. The van der Waals surface area contributed by atoms with Gasteiger partial charge in [-0.1, -0.05) is 18.2 Å². The number of hydrogen-bond acceptors (Lipinski definition) is 4. The highest BCUT2D eigenvalue weighted by molar-refractivity contribution is 5.90. The fourth-order valence-electron chi connectivity index (χ4n) is 4.36. The van der Waals surface area contributed by atoms with Crippen LogP contribution in [-0.4, -0.2) is 36.1 Å². The molecule has 3 unspecified atom stereocenters. The maximum atomic E-state index is 13.0. The van der Waals surface area contributed by atoms with Crippen LogP contribution in [0.25, 0.3) is 10.9 Å². The van der Waals surface area contributed by atoms with E-state index >= 15 is 0 Å². The Morgan fingerprint density at radius 1 is 1.15 bits per heavy atom. The first-order chi connectivity index (χ1) is 12.7. The molecule has 2 aliphatic rings. The standard InChI is InChI=1S/C21H20N2O3/c1-25-15-7-8-17-16(11-15)18-13-9-10-23(12-13)20(19(18)22-17)21(24)26-14-5-3-2-4-6-14/h2-8,11,13,20,22H,9-10,12H2,1H3. The quantitative estimate of drug-likeness (QED) is 0.580. The highest BCUT2D eigenvalue weighted by Gasteiger charge is 2.44. The van der Waals surface area contributed by atoms with Gasteiger partial charge in [-0.15, -0.1) is 0 Å². The van der Waals surface area contributed by atoms with Crippen molar-refractivity contribution in [1.82, 2.24) is 9.88 Å². The summed E-state index contributed by atoms with van der Waals surface area (Å²) < 4.78 is 11.1. The topological polar surface area (TPSA) is 54.6 Å². The van der Waals surface area contributed by atoms with Crippen molar-refractivity contribution in [3.8, 4) is 11.5 Å². The summed E-state index contributed by atoms with van der Waals surface area (Å²) in [7, 11) is 1.68. The normalized spacial score (nSPS) is 23.7. The number of aromatic nitrogens is 1. The summed E-state index contributed by atoms with van der Waals surface area (Å²) in [5, 5.41) is 1.16. The SMILES string of the molecule is COc1ccc2[nH]c3c(c2c1)C1CCN(C1)C3C(=O)Oc1ccccc1. The molecule has 5 nitrogen and oxygen atoms in total. The van der Waals surface area contributed by atoms with Gasteiger partial charge >= 0.3 is 5.97 Å². The van der Waals surface area contributed by atoms with E-state index in [1.807, 2.05) is 42.5 Å². The van der Waals surface area contributed by atoms with Gasteiger partial charge in [0.05, 0.1) is 7.11 Å². The van der Waals surface area contributed by atoms with Crippen molar-refractivity contribution in [3.05, 3.63) is 59.8 Å². The van der Waals surface area contributed by atoms with Crippen molar-refractivity contribution in [2.24, 2.45) is 0 Å². The van der Waals surface area contributed by atoms with Gasteiger partial charge in [-0.2, -0.15) is 0 Å². The molecule has 3 heterocycles. The zero-order valence-electron chi connectivity index (χ0n) is 14.6. The summed E-state index contributed by atoms with van der Waals surface area (Å²) in [4.78, 5) is 18.7. The first kappa shape index (κ1) is 15.5. The fraction of sp³-hybridized carbons (Fsp3) is 0.286. The number of methoxy groups -OCH3 is 1. The zero-order valence-corrected chi connectivity index (χ0v) is 14.6. The molecule has 3 atom stereocenters. The minimum Gasteiger partial charge on any atom is -0.497 e. The predicted molar refractivity (Wildman–Crippen MR) is 98.6 cm³/mol. The van der Waals surface area contributed by atoms with Crippen molar-refractivity contribution in [2.75, 3.05) is 20.2 Å². The lowest BCUT2D eigenvalue weighted by molar-refractivity contribution is -0.140. The van der Waals surface area contributed by atoms with Crippen molar-refractivity contribution in [1.29, 1.82) is 0 Å². The third kappa shape index (κ3) is 2.31. The molecule has 0 spiro atoms. The van der Waals surface area contributed by atoms with Crippen LogP contribution in [0.15, 0.2) is 48.5 Å². The summed E-state index contributed by atoms with van der Waals surface area (Å²) in [6, 6.07) is 14.9. The third-order valence-corrected chi connectivity index (χ3v) is 5.53. The minimum atomic E-state index is -0.387. The van der Waals surface area contributed by atoms with Crippen LogP contribution in [0.1, 0.15) is 29.6 Å². The number of ether oxygens (including phenoxy) is 2. The third-order valence-electron chi connectivity index (χ3n) is 5.53. The van der Waals surface area contributed by atoms with E-state index in [-0.39, 0.29) is 12.0 Å². The van der Waals surface area contributed by atoms with E-state index in [2.05, 4.69) is 16.0 Å². The number of H-pyrrole nitrogens is 1. The second-order valence-electron chi connectivity index (χ2n) is 6.98. The smallest absolute Gasteiger partial charge is 0.334 e. The lowest BCUT2D eigenvalue weighted by atomic mass is 9.90. The van der Waals surface area contributed by atoms with Gasteiger partial charge in [0.25, 0.3) is 0 Å². The lowest BCUT2D eigenvalue weighted by Crippen LogP contribution is -2.38. The Hall–Kier alpha value is -2.79. The summed E-state index contributed by atoms with van der Waals surface area (Å²) in [6.07, 6.45) is 1.06. The van der Waals surface area contributed by atoms with E-state index in [0.717, 1.165) is 41.9 Å². The van der Waals surface area contributed by atoms with E-state index in [4.69, 9.17) is 9.47 Å². The van der Waals surface area contributed by atoms with E-state index < -0.39 is 0 Å². The Bertz CT molecular complexity index is 980. The van der Waals surface area contributed by atoms with Crippen LogP contribution < -0.4 is 9.47 Å². The molecule has 132 valence electrons. The van der Waals surface area contributed by atoms with E-state index in [0.29, 0.717) is 11.7 Å². The average molecular weight is 348 g/mol. The number of para-hydroxylation sites is 1. The van der Waals surface area contributed by atoms with Crippen molar-refractivity contribution >= 4 is 16.9 Å². The molecule has 2 aliphatic heterocycles. The van der Waals surface area contributed by atoms with E-state index in [1.54, 1.807) is 7.11 Å². The molecule has 0 aliphatic carbocycles. The van der Waals surface area contributed by atoms with Crippen molar-refractivity contribution in [2.45, 2.75) is 18.4 Å². The van der Waals surface area contributed by atoms with Crippen LogP contribution in [0.5, 0.6) is 11.5 Å². The molecule has 0 radical (unpaired) electrons. The Labute approximate surface area is 151 Å². The molecule has 3 aromatic rings. The van der Waals surface area contributed by atoms with Gasteiger partial charge in [0.2, 0.25) is 0 Å². The Morgan fingerprint density at radius 2 is 2.00 bits per heavy atom. The van der Waals surface area contributed by atoms with Gasteiger partial charge in [0, 0.05) is 35.6 Å². The molecule has 0 saturated carbocycles. The van der Waals surface area contributed by atoms with Crippen molar-refractivity contribution < 1.29 is 14.3 Å². The fourth-order valence-corrected chi connectivity index (χ4v) is 4.36. The number of esters is 1. The van der Waals surface area contributed by atoms with Crippen LogP contribution in [0.4, 0.5) is 0 Å². The average Bonchev–Trinajstić information content (AvgIpc) is 3.24. The molecule has 1 aromatic heterocycles. The van der Waals surface area contributed by atoms with Crippen LogP contribution in [0.2, 0.25) is 0 Å². The number of aromatic amines is 1. The second kappa shape index (κ2) is 5.88. The Kier molecular flexibility index (Phi) is 3.50. The first-order valence-electron chi connectivity index (χ1n) is 8.95. The minimum absolute atomic E-state index is 0.226. The maximum absolute atomic E-state index is 13.0. The maximum Gasteiger partial charge on any atom is 0.334 e. The molecular weight excluding hydrogens is 328 g/mol. The van der Waals surface area contributed by atoms with Gasteiger partial charge in [0.1, 0.15) is 17.5 Å². The van der Waals surface area contributed by atoms with Crippen LogP contribution >= 0.6 is 0 Å². The second-order valence-corrected chi connectivity index (χ2v) is 6.98. The summed E-state index contributed by atoms with van der Waals surface area (Å²) in [5.74, 6) is 1.64. The van der Waals surface area contributed by atoms with Gasteiger partial charge < -0.3 is 14.5 Å². The van der Waals surface area contributed by atoms with Gasteiger partial charge in [-0.25, -0.2) is 4.79 Å². The number of nitrogens with zero attached hydrogens (tertiary/aromatic N) is 1. The monoisotopic (exact) mass is 348 g/mol. The molecule has 5 rings (SSSR count). The molecule has 1 fully saturated rings. The van der Waals surface area contributed by atoms with Gasteiger partial charge in [0.15, 0.2) is 0 Å². The molecular formula is C21H20N2O3. The zero-order chi connectivity index (χ0) is 17.7. The Balaban J connectivity index is 1.59. The van der Waals surface area contributed by atoms with Gasteiger partial charge in [-0.3, -0.25) is 4.90 Å². The van der Waals surface area contributed by atoms with Crippen LogP contribution in [0, 0.1) is 0 Å². The van der Waals surface area contributed by atoms with Crippen LogP contribution in [-0.2, 0) is 4.79 Å². The highest BCUT2D eigenvalue weighted by Crippen LogP contribution is 2.46. The number of rotatable bonds is 3. The molecule has 0 amide bonds. The molecule has 1 saturated heterocycles. The highest BCUT2D eigenvalue weighted by atomic mass is 16.5. The van der Waals surface area contributed by atoms with Gasteiger partial charge in [-0.05, 0) is 42.3 Å².